The normalized spacial score (nSPS) is 28.0. The molecule has 3 aliphatic heterocycles. The van der Waals surface area contributed by atoms with Gasteiger partial charge in [0.1, 0.15) is 45.8 Å². The molecule has 3 aromatic rings. The number of carbonyl (C=O) groups is 1. The number of fused-ring (bicyclic) bond motifs is 4. The highest BCUT2D eigenvalue weighted by molar-refractivity contribution is 5.88. The van der Waals surface area contributed by atoms with E-state index in [-0.39, 0.29) is 34.2 Å². The second-order valence-corrected chi connectivity index (χ2v) is 10.9. The van der Waals surface area contributed by atoms with Crippen molar-refractivity contribution in [3.63, 3.8) is 0 Å². The Morgan fingerprint density at radius 2 is 2.03 bits per heavy atom. The first-order valence-corrected chi connectivity index (χ1v) is 12.7. The predicted molar refractivity (Wildman–Crippen MR) is 135 cm³/mol. The van der Waals surface area contributed by atoms with E-state index in [9.17, 15) is 14.7 Å². The van der Waals surface area contributed by atoms with Crippen molar-refractivity contribution in [1.82, 2.24) is 4.98 Å². The van der Waals surface area contributed by atoms with Crippen molar-refractivity contribution < 1.29 is 28.5 Å². The summed E-state index contributed by atoms with van der Waals surface area (Å²) in [6, 6.07) is 6.74. The molecular formula is C28H30N2O7. The topological polar surface area (TPSA) is 137 Å². The lowest BCUT2D eigenvalue weighted by Crippen LogP contribution is -2.53. The minimum atomic E-state index is -0.968. The zero-order valence-electron chi connectivity index (χ0n) is 21.1. The van der Waals surface area contributed by atoms with Gasteiger partial charge in [0.15, 0.2) is 11.0 Å². The maximum absolute atomic E-state index is 13.5. The zero-order chi connectivity index (χ0) is 26.1. The van der Waals surface area contributed by atoms with Crippen LogP contribution in [0.25, 0.3) is 11.0 Å². The maximum Gasteiger partial charge on any atom is 0.341 e. The Morgan fingerprint density at radius 3 is 2.81 bits per heavy atom. The lowest BCUT2D eigenvalue weighted by Gasteiger charge is -2.45. The number of rotatable bonds is 3. The van der Waals surface area contributed by atoms with E-state index in [0.717, 1.165) is 5.56 Å². The van der Waals surface area contributed by atoms with E-state index < -0.39 is 23.3 Å². The number of aromatic hydroxyl groups is 1. The quantitative estimate of drug-likeness (QED) is 0.400. The molecule has 0 saturated carbocycles. The standard InChI is InChI=1S/C28H30N2O7/c1-14-11-17(31)23-18(34-14)13-19-22(24(23)32)16-5-4-9-28(26(33)35-25(16)27(2,3)36-19)20(37-28)7-6-15-8-10-30-21(29)12-15/h8,10-13,16,20,25,32H,4-7,9H2,1-3H3,(H2,29,30). The molecule has 9 heteroatoms. The van der Waals surface area contributed by atoms with Gasteiger partial charge in [0.25, 0.3) is 0 Å². The van der Waals surface area contributed by atoms with Gasteiger partial charge >= 0.3 is 5.97 Å². The monoisotopic (exact) mass is 506 g/mol. The first-order chi connectivity index (χ1) is 17.6. The highest BCUT2D eigenvalue weighted by atomic mass is 16.7. The molecule has 4 atom stereocenters. The third kappa shape index (κ3) is 3.83. The van der Waals surface area contributed by atoms with Crippen LogP contribution in [0.4, 0.5) is 5.82 Å². The Morgan fingerprint density at radius 1 is 1.22 bits per heavy atom. The molecule has 2 saturated heterocycles. The van der Waals surface area contributed by atoms with Crippen LogP contribution in [-0.2, 0) is 20.7 Å². The molecule has 0 amide bonds. The number of epoxide rings is 1. The van der Waals surface area contributed by atoms with Gasteiger partial charge in [-0.15, -0.1) is 0 Å². The van der Waals surface area contributed by atoms with Gasteiger partial charge in [-0.05, 0) is 70.6 Å². The Balaban J connectivity index is 1.29. The molecular weight excluding hydrogens is 476 g/mol. The van der Waals surface area contributed by atoms with E-state index >= 15 is 0 Å². The summed E-state index contributed by atoms with van der Waals surface area (Å²) in [7, 11) is 0. The number of hydrogen-bond donors (Lipinski definition) is 2. The minimum absolute atomic E-state index is 0.110. The number of carbonyl (C=O) groups excluding carboxylic acids is 1. The van der Waals surface area contributed by atoms with Crippen LogP contribution < -0.4 is 15.9 Å². The van der Waals surface area contributed by atoms with Gasteiger partial charge < -0.3 is 29.5 Å². The van der Waals surface area contributed by atoms with Crippen LogP contribution >= 0.6 is 0 Å². The van der Waals surface area contributed by atoms with Crippen molar-refractivity contribution in [2.24, 2.45) is 0 Å². The van der Waals surface area contributed by atoms with Crippen molar-refractivity contribution in [2.45, 2.75) is 82.2 Å². The molecule has 37 heavy (non-hydrogen) atoms. The molecule has 3 aliphatic rings. The second-order valence-electron chi connectivity index (χ2n) is 10.9. The van der Waals surface area contributed by atoms with E-state index in [4.69, 9.17) is 24.4 Å². The van der Waals surface area contributed by atoms with E-state index in [1.807, 2.05) is 26.0 Å². The zero-order valence-corrected chi connectivity index (χ0v) is 21.1. The van der Waals surface area contributed by atoms with Crippen molar-refractivity contribution in [2.75, 3.05) is 5.73 Å². The van der Waals surface area contributed by atoms with Gasteiger partial charge in [0.05, 0.1) is 6.10 Å². The molecule has 9 nitrogen and oxygen atoms in total. The highest BCUT2D eigenvalue weighted by Gasteiger charge is 2.65. The smallest absolute Gasteiger partial charge is 0.341 e. The van der Waals surface area contributed by atoms with Crippen LogP contribution in [0.15, 0.2) is 39.7 Å². The first kappa shape index (κ1) is 23.8. The average molecular weight is 507 g/mol. The van der Waals surface area contributed by atoms with Crippen LogP contribution in [0.2, 0.25) is 0 Å². The third-order valence-electron chi connectivity index (χ3n) is 7.91. The van der Waals surface area contributed by atoms with Crippen LogP contribution in [0.1, 0.15) is 62.3 Å². The summed E-state index contributed by atoms with van der Waals surface area (Å²) in [5.41, 5.74) is 5.40. The average Bonchev–Trinajstić information content (AvgIpc) is 3.52. The molecule has 6 rings (SSSR count). The first-order valence-electron chi connectivity index (χ1n) is 12.7. The number of aryl methyl sites for hydroxylation is 2. The minimum Gasteiger partial charge on any atom is -0.507 e. The Kier molecular flexibility index (Phi) is 5.28. The fourth-order valence-electron chi connectivity index (χ4n) is 6.12. The summed E-state index contributed by atoms with van der Waals surface area (Å²) in [5.74, 6) is 0.424. The molecule has 194 valence electrons. The van der Waals surface area contributed by atoms with Crippen molar-refractivity contribution in [3.05, 3.63) is 57.6 Å². The molecule has 0 radical (unpaired) electrons. The number of nitrogen functional groups attached to an aromatic ring is 1. The summed E-state index contributed by atoms with van der Waals surface area (Å²) < 4.78 is 24.1. The van der Waals surface area contributed by atoms with Crippen LogP contribution in [0, 0.1) is 6.92 Å². The SMILES string of the molecule is Cc1cc(=O)c2c(O)c3c(cc2o1)OC(C)(C)C1OC(=O)C2(CCCC31)OC2CCc1ccnc(N)c1. The molecule has 2 aromatic heterocycles. The van der Waals surface area contributed by atoms with Gasteiger partial charge in [-0.25, -0.2) is 9.78 Å². The van der Waals surface area contributed by atoms with E-state index in [1.165, 1.54) is 6.07 Å². The number of phenols is 1. The van der Waals surface area contributed by atoms with E-state index in [0.29, 0.717) is 55.0 Å². The summed E-state index contributed by atoms with van der Waals surface area (Å²) in [6.07, 6.45) is 3.97. The number of anilines is 1. The molecule has 3 N–H and O–H groups in total. The summed E-state index contributed by atoms with van der Waals surface area (Å²) in [5, 5.41) is 11.4. The molecule has 2 fully saturated rings. The lowest BCUT2D eigenvalue weighted by atomic mass is 9.76. The summed E-state index contributed by atoms with van der Waals surface area (Å²) in [6.45, 7) is 5.41. The fourth-order valence-corrected chi connectivity index (χ4v) is 6.12. The molecule has 0 aliphatic carbocycles. The number of phenolic OH excluding ortho intramolecular Hbond substituents is 1. The van der Waals surface area contributed by atoms with Crippen molar-refractivity contribution in [3.8, 4) is 11.5 Å². The lowest BCUT2D eigenvalue weighted by molar-refractivity contribution is -0.173. The number of nitrogens with zero attached hydrogens (tertiary/aromatic N) is 1. The second kappa shape index (κ2) is 8.21. The Hall–Kier alpha value is -3.59. The van der Waals surface area contributed by atoms with E-state index in [2.05, 4.69) is 4.98 Å². The summed E-state index contributed by atoms with van der Waals surface area (Å²) >= 11 is 0. The van der Waals surface area contributed by atoms with Crippen molar-refractivity contribution >= 4 is 22.8 Å². The van der Waals surface area contributed by atoms with Gasteiger partial charge in [0, 0.05) is 29.8 Å². The molecule has 1 spiro atoms. The summed E-state index contributed by atoms with van der Waals surface area (Å²) in [4.78, 5) is 30.2. The van der Waals surface area contributed by atoms with Crippen LogP contribution in [0.5, 0.6) is 11.5 Å². The molecule has 5 heterocycles. The number of hydrogen-bond acceptors (Lipinski definition) is 9. The molecule has 4 unspecified atom stereocenters. The third-order valence-corrected chi connectivity index (χ3v) is 7.91. The predicted octanol–water partition coefficient (Wildman–Crippen LogP) is 3.90. The van der Waals surface area contributed by atoms with Crippen LogP contribution in [0.3, 0.4) is 0 Å². The molecule has 1 aromatic carbocycles. The number of esters is 1. The Labute approximate surface area is 213 Å². The largest absolute Gasteiger partial charge is 0.507 e. The van der Waals surface area contributed by atoms with Gasteiger partial charge in [-0.2, -0.15) is 0 Å². The van der Waals surface area contributed by atoms with Gasteiger partial charge in [0.2, 0.25) is 0 Å². The van der Waals surface area contributed by atoms with Crippen LogP contribution in [-0.4, -0.2) is 39.5 Å². The highest BCUT2D eigenvalue weighted by Crippen LogP contribution is 2.54. The number of ether oxygens (including phenoxy) is 3. The fraction of sp³-hybridized carbons (Fsp3) is 0.464. The van der Waals surface area contributed by atoms with E-state index in [1.54, 1.807) is 19.2 Å². The van der Waals surface area contributed by atoms with Gasteiger partial charge in [-0.3, -0.25) is 4.79 Å². The number of aromatic nitrogens is 1. The number of benzene rings is 1. The number of pyridine rings is 1. The maximum atomic E-state index is 13.5. The Bertz CT molecular complexity index is 1480. The molecule has 0 bridgehead atoms. The number of nitrogens with two attached hydrogens (primary N) is 1. The van der Waals surface area contributed by atoms with Gasteiger partial charge in [-0.1, -0.05) is 0 Å². The van der Waals surface area contributed by atoms with Crippen molar-refractivity contribution in [1.29, 1.82) is 0 Å².